The smallest absolute Gasteiger partial charge is 0.306 e. The van der Waals surface area contributed by atoms with Crippen LogP contribution >= 0.6 is 0 Å². The molecule has 0 radical (unpaired) electrons. The molecule has 0 amide bonds. The van der Waals surface area contributed by atoms with Crippen LogP contribution in [0.15, 0.2) is 144 Å². The summed E-state index contributed by atoms with van der Waals surface area (Å²) in [5, 5.41) is 0. The van der Waals surface area contributed by atoms with Crippen LogP contribution in [0, 0.1) is 0 Å². The molecule has 5 aromatic carbocycles. The van der Waals surface area contributed by atoms with Crippen molar-refractivity contribution in [2.24, 2.45) is 0 Å². The number of para-hydroxylation sites is 2. The van der Waals surface area contributed by atoms with E-state index in [0.29, 0.717) is 5.84 Å². The van der Waals surface area contributed by atoms with E-state index in [1.54, 1.807) is 6.26 Å². The summed E-state index contributed by atoms with van der Waals surface area (Å²) >= 11 is 0. The number of oxazole rings is 1. The van der Waals surface area contributed by atoms with E-state index >= 15 is 0 Å². The molecule has 0 bridgehead atoms. The second-order valence-electron chi connectivity index (χ2n) is 11.3. The van der Waals surface area contributed by atoms with Gasteiger partial charge in [-0.1, -0.05) is 98.8 Å². The Kier molecular flexibility index (Phi) is 5.44. The number of benzene rings is 5. The van der Waals surface area contributed by atoms with Gasteiger partial charge in [0.1, 0.15) is 12.0 Å². The van der Waals surface area contributed by atoms with Crippen molar-refractivity contribution in [2.45, 2.75) is 19.3 Å². The molecule has 0 atom stereocenters. The maximum atomic E-state index is 5.79. The quantitative estimate of drug-likeness (QED) is 0.217. The summed E-state index contributed by atoms with van der Waals surface area (Å²) in [5.41, 5.74) is 12.7. The van der Waals surface area contributed by atoms with Crippen molar-refractivity contribution in [1.82, 2.24) is 9.38 Å². The lowest BCUT2D eigenvalue weighted by atomic mass is 9.82. The molecule has 1 aliphatic rings. The van der Waals surface area contributed by atoms with Gasteiger partial charge in [0.05, 0.1) is 5.69 Å². The van der Waals surface area contributed by atoms with Crippen LogP contribution in [0.25, 0.3) is 39.5 Å². The van der Waals surface area contributed by atoms with E-state index in [0.717, 1.165) is 39.6 Å². The minimum absolute atomic E-state index is 0.0811. The van der Waals surface area contributed by atoms with E-state index in [-0.39, 0.29) is 5.41 Å². The first kappa shape index (κ1) is 24.4. The van der Waals surface area contributed by atoms with Crippen molar-refractivity contribution in [3.05, 3.63) is 151 Å². The van der Waals surface area contributed by atoms with E-state index in [1.807, 2.05) is 18.3 Å². The van der Waals surface area contributed by atoms with Crippen molar-refractivity contribution in [1.29, 1.82) is 0 Å². The molecule has 1 aliphatic carbocycles. The van der Waals surface area contributed by atoms with Crippen LogP contribution in [-0.4, -0.2) is 9.38 Å². The number of fused-ring (bicyclic) bond motifs is 4. The molecular formula is C38H29N3O. The van der Waals surface area contributed by atoms with Crippen LogP contribution < -0.4 is 4.90 Å². The maximum Gasteiger partial charge on any atom is 0.306 e. The number of imidazole rings is 1. The van der Waals surface area contributed by atoms with Crippen molar-refractivity contribution < 1.29 is 4.42 Å². The van der Waals surface area contributed by atoms with E-state index in [2.05, 4.69) is 138 Å². The normalized spacial score (nSPS) is 13.2. The van der Waals surface area contributed by atoms with E-state index < -0.39 is 0 Å². The predicted octanol–water partition coefficient (Wildman–Crippen LogP) is 10.0. The summed E-state index contributed by atoms with van der Waals surface area (Å²) in [6.07, 6.45) is 3.65. The van der Waals surface area contributed by atoms with Gasteiger partial charge in [0.25, 0.3) is 0 Å². The lowest BCUT2D eigenvalue weighted by Gasteiger charge is -2.25. The largest absolute Gasteiger partial charge is 0.432 e. The van der Waals surface area contributed by atoms with Crippen molar-refractivity contribution in [2.75, 3.05) is 4.90 Å². The first-order valence-corrected chi connectivity index (χ1v) is 14.3. The van der Waals surface area contributed by atoms with Gasteiger partial charge in [-0.05, 0) is 64.7 Å². The highest BCUT2D eigenvalue weighted by molar-refractivity contribution is 5.87. The van der Waals surface area contributed by atoms with E-state index in [1.165, 1.54) is 22.3 Å². The Labute approximate surface area is 245 Å². The molecule has 0 unspecified atom stereocenters. The summed E-state index contributed by atoms with van der Waals surface area (Å²) in [5.74, 6) is 0.585. The molecule has 2 aromatic heterocycles. The molecule has 0 fully saturated rings. The summed E-state index contributed by atoms with van der Waals surface area (Å²) in [7, 11) is 0. The minimum Gasteiger partial charge on any atom is -0.432 e. The van der Waals surface area contributed by atoms with Crippen molar-refractivity contribution in [3.8, 4) is 33.6 Å². The Hall–Kier alpha value is -5.35. The average Bonchev–Trinajstić information content (AvgIpc) is 3.70. The van der Waals surface area contributed by atoms with Gasteiger partial charge in [-0.3, -0.25) is 4.40 Å². The van der Waals surface area contributed by atoms with Gasteiger partial charge < -0.3 is 9.32 Å². The summed E-state index contributed by atoms with van der Waals surface area (Å²) in [6.45, 7) is 4.63. The van der Waals surface area contributed by atoms with Gasteiger partial charge in [0.2, 0.25) is 0 Å². The maximum absolute atomic E-state index is 5.79. The molecule has 0 saturated heterocycles. The van der Waals surface area contributed by atoms with Crippen LogP contribution in [0.5, 0.6) is 0 Å². The van der Waals surface area contributed by atoms with Gasteiger partial charge in [0, 0.05) is 39.8 Å². The second kappa shape index (κ2) is 9.35. The number of anilines is 3. The predicted molar refractivity (Wildman–Crippen MR) is 171 cm³/mol. The molecule has 0 aliphatic heterocycles. The minimum atomic E-state index is -0.0811. The molecule has 42 heavy (non-hydrogen) atoms. The van der Waals surface area contributed by atoms with Crippen LogP contribution in [0.2, 0.25) is 0 Å². The molecule has 8 rings (SSSR count). The zero-order chi connectivity index (χ0) is 28.3. The SMILES string of the molecule is CC1(C)c2ccccc2-c2ccc(-c3c(-c4ccc(N(c5ccccc5)c5ccccc5)cc4)nc4occn34)cc21. The lowest BCUT2D eigenvalue weighted by Crippen LogP contribution is -2.14. The van der Waals surface area contributed by atoms with Crippen LogP contribution in [-0.2, 0) is 5.41 Å². The van der Waals surface area contributed by atoms with Crippen LogP contribution in [0.1, 0.15) is 25.0 Å². The van der Waals surface area contributed by atoms with Crippen molar-refractivity contribution in [3.63, 3.8) is 0 Å². The van der Waals surface area contributed by atoms with E-state index in [4.69, 9.17) is 9.40 Å². The number of hydrogen-bond acceptors (Lipinski definition) is 3. The van der Waals surface area contributed by atoms with Gasteiger partial charge in [-0.2, -0.15) is 4.98 Å². The van der Waals surface area contributed by atoms with Gasteiger partial charge in [-0.25, -0.2) is 0 Å². The third-order valence-electron chi connectivity index (χ3n) is 8.55. The van der Waals surface area contributed by atoms with Gasteiger partial charge >= 0.3 is 5.84 Å². The molecular weight excluding hydrogens is 514 g/mol. The molecule has 202 valence electrons. The molecule has 0 N–H and O–H groups in total. The fourth-order valence-electron chi connectivity index (χ4n) is 6.48. The highest BCUT2D eigenvalue weighted by atomic mass is 16.3. The van der Waals surface area contributed by atoms with Gasteiger partial charge in [0.15, 0.2) is 0 Å². The van der Waals surface area contributed by atoms with Gasteiger partial charge in [-0.15, -0.1) is 0 Å². The Balaban J connectivity index is 1.24. The Morgan fingerprint density at radius 3 is 1.93 bits per heavy atom. The Morgan fingerprint density at radius 2 is 1.21 bits per heavy atom. The molecule has 2 heterocycles. The lowest BCUT2D eigenvalue weighted by molar-refractivity contribution is 0.596. The third kappa shape index (κ3) is 3.72. The topological polar surface area (TPSA) is 33.7 Å². The molecule has 4 nitrogen and oxygen atoms in total. The van der Waals surface area contributed by atoms with Crippen molar-refractivity contribution >= 4 is 22.9 Å². The number of aromatic nitrogens is 2. The highest BCUT2D eigenvalue weighted by Gasteiger charge is 2.35. The number of rotatable bonds is 5. The molecule has 7 aromatic rings. The summed E-state index contributed by atoms with van der Waals surface area (Å²) < 4.78 is 7.84. The average molecular weight is 544 g/mol. The molecule has 0 spiro atoms. The fourth-order valence-corrected chi connectivity index (χ4v) is 6.48. The summed E-state index contributed by atoms with van der Waals surface area (Å²) in [4.78, 5) is 7.23. The molecule has 0 saturated carbocycles. The number of hydrogen-bond donors (Lipinski definition) is 0. The monoisotopic (exact) mass is 543 g/mol. The fraction of sp³-hybridized carbons (Fsp3) is 0.0789. The standard InChI is InChI=1S/C38H29N3O/c1-38(2)33-16-10-9-15-31(33)32-22-19-27(25-34(32)38)36-35(39-37-40(36)23-24-42-37)26-17-20-30(21-18-26)41(28-11-5-3-6-12-28)29-13-7-4-8-14-29/h3-25H,1-2H3. The zero-order valence-corrected chi connectivity index (χ0v) is 23.5. The Morgan fingerprint density at radius 1 is 0.619 bits per heavy atom. The van der Waals surface area contributed by atoms with Crippen LogP contribution in [0.4, 0.5) is 17.1 Å². The number of nitrogens with zero attached hydrogens (tertiary/aromatic N) is 3. The molecule has 4 heteroatoms. The highest BCUT2D eigenvalue weighted by Crippen LogP contribution is 2.50. The Bertz CT molecular complexity index is 2010. The van der Waals surface area contributed by atoms with E-state index in [9.17, 15) is 0 Å². The van der Waals surface area contributed by atoms with Crippen LogP contribution in [0.3, 0.4) is 0 Å². The third-order valence-corrected chi connectivity index (χ3v) is 8.55. The first-order chi connectivity index (χ1) is 20.6. The first-order valence-electron chi connectivity index (χ1n) is 14.3. The second-order valence-corrected chi connectivity index (χ2v) is 11.3. The zero-order valence-electron chi connectivity index (χ0n) is 23.5. The summed E-state index contributed by atoms with van der Waals surface area (Å²) in [6, 6.07) is 45.2.